The highest BCUT2D eigenvalue weighted by atomic mass is 19.1. The maximum atomic E-state index is 13.1. The summed E-state index contributed by atoms with van der Waals surface area (Å²) in [6.45, 7) is 0. The predicted molar refractivity (Wildman–Crippen MR) is 61.5 cm³/mol. The number of nitrogens with zero attached hydrogens (tertiary/aromatic N) is 1. The number of rotatable bonds is 2. The number of anilines is 1. The van der Waals surface area contributed by atoms with Crippen LogP contribution in [0, 0.1) is 5.82 Å². The zero-order valence-electron chi connectivity index (χ0n) is 8.70. The zero-order chi connectivity index (χ0) is 11.1. The third-order valence-corrected chi connectivity index (χ3v) is 2.93. The molecule has 4 heteroatoms. The molecule has 1 aliphatic carbocycles. The molecule has 0 amide bonds. The Morgan fingerprint density at radius 3 is 2.81 bits per heavy atom. The second kappa shape index (κ2) is 3.42. The van der Waals surface area contributed by atoms with Crippen molar-refractivity contribution in [3.63, 3.8) is 0 Å². The van der Waals surface area contributed by atoms with E-state index in [2.05, 4.69) is 10.4 Å². The maximum absolute atomic E-state index is 13.1. The Balaban J connectivity index is 2.23. The SMILES string of the molecule is NNc1cc2ccc(F)cc2nc1C1CC1. The number of hydrogen-bond acceptors (Lipinski definition) is 3. The lowest BCUT2D eigenvalue weighted by Gasteiger charge is -2.09. The highest BCUT2D eigenvalue weighted by Crippen LogP contribution is 2.42. The van der Waals surface area contributed by atoms with E-state index in [1.54, 1.807) is 6.07 Å². The molecule has 3 N–H and O–H groups in total. The molecule has 2 aromatic rings. The van der Waals surface area contributed by atoms with E-state index in [1.807, 2.05) is 6.07 Å². The van der Waals surface area contributed by atoms with E-state index in [0.29, 0.717) is 11.4 Å². The summed E-state index contributed by atoms with van der Waals surface area (Å²) in [5.41, 5.74) is 5.17. The Morgan fingerprint density at radius 2 is 2.12 bits per heavy atom. The lowest BCUT2D eigenvalue weighted by Crippen LogP contribution is -2.10. The van der Waals surface area contributed by atoms with Crippen molar-refractivity contribution in [3.05, 3.63) is 35.8 Å². The van der Waals surface area contributed by atoms with Crippen molar-refractivity contribution in [3.8, 4) is 0 Å². The highest BCUT2D eigenvalue weighted by molar-refractivity contribution is 5.83. The molecule has 0 bridgehead atoms. The molecule has 1 aliphatic rings. The van der Waals surface area contributed by atoms with Gasteiger partial charge in [0.1, 0.15) is 5.82 Å². The van der Waals surface area contributed by atoms with Gasteiger partial charge in [0, 0.05) is 17.4 Å². The molecule has 1 aromatic heterocycles. The molecule has 0 radical (unpaired) electrons. The lowest BCUT2D eigenvalue weighted by molar-refractivity contribution is 0.629. The van der Waals surface area contributed by atoms with Gasteiger partial charge in [-0.3, -0.25) is 10.8 Å². The van der Waals surface area contributed by atoms with Crippen LogP contribution in [0.3, 0.4) is 0 Å². The lowest BCUT2D eigenvalue weighted by atomic mass is 10.1. The van der Waals surface area contributed by atoms with Crippen LogP contribution >= 0.6 is 0 Å². The van der Waals surface area contributed by atoms with Crippen LogP contribution in [0.2, 0.25) is 0 Å². The fourth-order valence-corrected chi connectivity index (χ4v) is 1.94. The second-order valence-electron chi connectivity index (χ2n) is 4.18. The fraction of sp³-hybridized carbons (Fsp3) is 0.250. The molecule has 3 rings (SSSR count). The van der Waals surface area contributed by atoms with Crippen molar-refractivity contribution in [1.29, 1.82) is 0 Å². The van der Waals surface area contributed by atoms with E-state index in [1.165, 1.54) is 12.1 Å². The van der Waals surface area contributed by atoms with Gasteiger partial charge in [-0.2, -0.15) is 0 Å². The van der Waals surface area contributed by atoms with Crippen LogP contribution in [0.25, 0.3) is 10.9 Å². The monoisotopic (exact) mass is 217 g/mol. The quantitative estimate of drug-likeness (QED) is 0.600. The molecule has 82 valence electrons. The third-order valence-electron chi connectivity index (χ3n) is 2.93. The number of aromatic nitrogens is 1. The van der Waals surface area contributed by atoms with Crippen molar-refractivity contribution in [1.82, 2.24) is 4.98 Å². The van der Waals surface area contributed by atoms with Crippen LogP contribution in [0.4, 0.5) is 10.1 Å². The molecule has 1 saturated carbocycles. The van der Waals surface area contributed by atoms with Gasteiger partial charge in [-0.1, -0.05) is 0 Å². The van der Waals surface area contributed by atoms with Gasteiger partial charge >= 0.3 is 0 Å². The number of nitrogens with one attached hydrogen (secondary N) is 1. The van der Waals surface area contributed by atoms with Gasteiger partial charge in [0.25, 0.3) is 0 Å². The first-order valence-corrected chi connectivity index (χ1v) is 5.35. The van der Waals surface area contributed by atoms with Crippen LogP contribution in [0.1, 0.15) is 24.5 Å². The molecule has 0 spiro atoms. The minimum Gasteiger partial charge on any atom is -0.322 e. The molecule has 0 unspecified atom stereocenters. The number of hydrogen-bond donors (Lipinski definition) is 2. The van der Waals surface area contributed by atoms with Gasteiger partial charge in [0.15, 0.2) is 0 Å². The number of halogens is 1. The van der Waals surface area contributed by atoms with Crippen LogP contribution in [0.5, 0.6) is 0 Å². The van der Waals surface area contributed by atoms with E-state index in [9.17, 15) is 4.39 Å². The second-order valence-corrected chi connectivity index (χ2v) is 4.18. The van der Waals surface area contributed by atoms with Crippen molar-refractivity contribution in [2.24, 2.45) is 5.84 Å². The number of nitrogen functional groups attached to an aromatic ring is 1. The zero-order valence-corrected chi connectivity index (χ0v) is 8.70. The Labute approximate surface area is 92.4 Å². The number of nitrogens with two attached hydrogens (primary N) is 1. The minimum absolute atomic E-state index is 0.254. The van der Waals surface area contributed by atoms with Crippen molar-refractivity contribution in [2.45, 2.75) is 18.8 Å². The summed E-state index contributed by atoms with van der Waals surface area (Å²) >= 11 is 0. The van der Waals surface area contributed by atoms with Crippen LogP contribution in [-0.4, -0.2) is 4.98 Å². The van der Waals surface area contributed by atoms with Crippen LogP contribution in [-0.2, 0) is 0 Å². The van der Waals surface area contributed by atoms with E-state index in [4.69, 9.17) is 5.84 Å². The molecule has 1 fully saturated rings. The molecule has 0 atom stereocenters. The summed E-state index contributed by atoms with van der Waals surface area (Å²) < 4.78 is 13.1. The first-order chi connectivity index (χ1) is 7.78. The number of fused-ring (bicyclic) bond motifs is 1. The van der Waals surface area contributed by atoms with Gasteiger partial charge in [-0.05, 0) is 31.0 Å². The molecule has 3 nitrogen and oxygen atoms in total. The van der Waals surface area contributed by atoms with Crippen molar-refractivity contribution < 1.29 is 4.39 Å². The molecule has 0 aliphatic heterocycles. The van der Waals surface area contributed by atoms with E-state index in [-0.39, 0.29) is 5.82 Å². The number of pyridine rings is 1. The summed E-state index contributed by atoms with van der Waals surface area (Å²) in [6.07, 6.45) is 2.28. The van der Waals surface area contributed by atoms with E-state index >= 15 is 0 Å². The van der Waals surface area contributed by atoms with Crippen molar-refractivity contribution in [2.75, 3.05) is 5.43 Å². The van der Waals surface area contributed by atoms with Crippen LogP contribution in [0.15, 0.2) is 24.3 Å². The summed E-state index contributed by atoms with van der Waals surface area (Å²) in [7, 11) is 0. The highest BCUT2D eigenvalue weighted by Gasteiger charge is 2.27. The van der Waals surface area contributed by atoms with Gasteiger partial charge in [-0.15, -0.1) is 0 Å². The van der Waals surface area contributed by atoms with Gasteiger partial charge in [0.05, 0.1) is 16.9 Å². The fourth-order valence-electron chi connectivity index (χ4n) is 1.94. The summed E-state index contributed by atoms with van der Waals surface area (Å²) in [6, 6.07) is 6.53. The molecule has 1 aromatic carbocycles. The molecular weight excluding hydrogens is 205 g/mol. The average Bonchev–Trinajstić information content (AvgIpc) is 3.11. The standard InChI is InChI=1S/C12H12FN3/c13-9-4-3-8-5-11(16-14)12(7-1-2-7)15-10(8)6-9/h3-7,16H,1-2,14H2. The normalized spacial score (nSPS) is 15.4. The number of hydrazine groups is 1. The summed E-state index contributed by atoms with van der Waals surface area (Å²) in [5.74, 6) is 5.70. The molecule has 16 heavy (non-hydrogen) atoms. The van der Waals surface area contributed by atoms with Gasteiger partial charge < -0.3 is 5.43 Å². The van der Waals surface area contributed by atoms with Crippen molar-refractivity contribution >= 4 is 16.6 Å². The Bertz CT molecular complexity index is 549. The van der Waals surface area contributed by atoms with E-state index < -0.39 is 0 Å². The average molecular weight is 217 g/mol. The molecule has 1 heterocycles. The Morgan fingerprint density at radius 1 is 1.31 bits per heavy atom. The number of benzene rings is 1. The Hall–Kier alpha value is -1.68. The maximum Gasteiger partial charge on any atom is 0.125 e. The third kappa shape index (κ3) is 1.51. The molecular formula is C12H12FN3. The smallest absolute Gasteiger partial charge is 0.125 e. The largest absolute Gasteiger partial charge is 0.322 e. The Kier molecular flexibility index (Phi) is 2.04. The van der Waals surface area contributed by atoms with Gasteiger partial charge in [-0.25, -0.2) is 4.39 Å². The summed E-state index contributed by atoms with van der Waals surface area (Å²) in [5, 5.41) is 0.902. The molecule has 0 saturated heterocycles. The first-order valence-electron chi connectivity index (χ1n) is 5.35. The van der Waals surface area contributed by atoms with Gasteiger partial charge in [0.2, 0.25) is 0 Å². The van der Waals surface area contributed by atoms with Crippen LogP contribution < -0.4 is 11.3 Å². The summed E-state index contributed by atoms with van der Waals surface area (Å²) in [4.78, 5) is 4.49. The first kappa shape index (κ1) is 9.54. The van der Waals surface area contributed by atoms with E-state index in [0.717, 1.165) is 29.6 Å². The minimum atomic E-state index is -0.254. The topological polar surface area (TPSA) is 50.9 Å². The predicted octanol–water partition coefficient (Wildman–Crippen LogP) is 2.54.